The second-order valence-corrected chi connectivity index (χ2v) is 4.42. The van der Waals surface area contributed by atoms with Crippen LogP contribution < -0.4 is 5.73 Å². The fourth-order valence-corrected chi connectivity index (χ4v) is 2.54. The van der Waals surface area contributed by atoms with E-state index in [9.17, 15) is 5.11 Å². The summed E-state index contributed by atoms with van der Waals surface area (Å²) in [7, 11) is 1.91. The van der Waals surface area contributed by atoms with Crippen LogP contribution in [-0.2, 0) is 7.05 Å². The Labute approximate surface area is 95.8 Å². The van der Waals surface area contributed by atoms with Gasteiger partial charge in [0.15, 0.2) is 0 Å². The molecule has 3 N–H and O–H groups in total. The lowest BCUT2D eigenvalue weighted by Crippen LogP contribution is -2.39. The lowest BCUT2D eigenvalue weighted by molar-refractivity contribution is 0.121. The van der Waals surface area contributed by atoms with Crippen molar-refractivity contribution in [2.24, 2.45) is 12.8 Å². The van der Waals surface area contributed by atoms with Crippen LogP contribution in [0, 0.1) is 0 Å². The fraction of sp³-hybridized carbons (Fsp3) is 0.727. The molecule has 2 atom stereocenters. The summed E-state index contributed by atoms with van der Waals surface area (Å²) in [6.07, 6.45) is 6.07. The average molecular weight is 224 g/mol. The van der Waals surface area contributed by atoms with Gasteiger partial charge in [-0.05, 0) is 19.4 Å². The van der Waals surface area contributed by atoms with E-state index < -0.39 is 0 Å². The third-order valence-corrected chi connectivity index (χ3v) is 3.37. The van der Waals surface area contributed by atoms with Crippen LogP contribution in [0.15, 0.2) is 12.4 Å². The number of aryl methyl sites for hydroxylation is 1. The normalized spacial score (nSPS) is 23.8. The maximum atomic E-state index is 9.33. The third kappa shape index (κ3) is 2.11. The van der Waals surface area contributed by atoms with Crippen LogP contribution in [0.3, 0.4) is 0 Å². The highest BCUT2D eigenvalue weighted by molar-refractivity contribution is 5.12. The summed E-state index contributed by atoms with van der Waals surface area (Å²) in [5, 5.41) is 13.5. The van der Waals surface area contributed by atoms with Gasteiger partial charge in [-0.25, -0.2) is 0 Å². The summed E-state index contributed by atoms with van der Waals surface area (Å²) in [4.78, 5) is 2.30. The lowest BCUT2D eigenvalue weighted by Gasteiger charge is -2.30. The summed E-state index contributed by atoms with van der Waals surface area (Å²) < 4.78 is 1.79. The van der Waals surface area contributed by atoms with Gasteiger partial charge in [0, 0.05) is 31.4 Å². The van der Waals surface area contributed by atoms with Crippen LogP contribution in [0.5, 0.6) is 0 Å². The van der Waals surface area contributed by atoms with Crippen molar-refractivity contribution in [1.29, 1.82) is 0 Å². The Hall–Kier alpha value is -0.910. The number of nitrogens with two attached hydrogens (primary N) is 1. The van der Waals surface area contributed by atoms with Gasteiger partial charge in [0.1, 0.15) is 0 Å². The second-order valence-electron chi connectivity index (χ2n) is 4.42. The van der Waals surface area contributed by atoms with Gasteiger partial charge in [-0.15, -0.1) is 0 Å². The minimum atomic E-state index is 0.188. The first-order chi connectivity index (χ1) is 7.76. The van der Waals surface area contributed by atoms with E-state index in [1.54, 1.807) is 4.68 Å². The van der Waals surface area contributed by atoms with Crippen molar-refractivity contribution in [3.63, 3.8) is 0 Å². The molecular formula is C11H20N4O. The van der Waals surface area contributed by atoms with Crippen molar-refractivity contribution >= 4 is 0 Å². The molecular weight excluding hydrogens is 204 g/mol. The predicted molar refractivity (Wildman–Crippen MR) is 61.8 cm³/mol. The molecule has 90 valence electrons. The van der Waals surface area contributed by atoms with Crippen molar-refractivity contribution in [2.45, 2.75) is 24.9 Å². The van der Waals surface area contributed by atoms with Gasteiger partial charge in [0.05, 0.1) is 18.8 Å². The molecule has 1 aliphatic rings. The average Bonchev–Trinajstić information content (AvgIpc) is 2.89. The number of aromatic nitrogens is 2. The molecule has 1 saturated heterocycles. The van der Waals surface area contributed by atoms with Crippen LogP contribution in [0.1, 0.15) is 24.4 Å². The summed E-state index contributed by atoms with van der Waals surface area (Å²) >= 11 is 0. The molecule has 16 heavy (non-hydrogen) atoms. The molecule has 0 aromatic carbocycles. The zero-order chi connectivity index (χ0) is 11.5. The summed E-state index contributed by atoms with van der Waals surface area (Å²) in [6, 6.07) is 0.446. The largest absolute Gasteiger partial charge is 0.395 e. The number of hydrogen-bond donors (Lipinski definition) is 2. The Balaban J connectivity index is 2.15. The molecule has 1 fully saturated rings. The lowest BCUT2D eigenvalue weighted by atomic mass is 10.1. The van der Waals surface area contributed by atoms with Crippen molar-refractivity contribution in [1.82, 2.24) is 14.7 Å². The van der Waals surface area contributed by atoms with Crippen LogP contribution in [0.4, 0.5) is 0 Å². The van der Waals surface area contributed by atoms with Crippen LogP contribution in [0.25, 0.3) is 0 Å². The molecule has 0 aliphatic carbocycles. The number of aliphatic hydroxyl groups is 1. The van der Waals surface area contributed by atoms with Gasteiger partial charge in [-0.1, -0.05) is 0 Å². The zero-order valence-corrected chi connectivity index (χ0v) is 9.71. The molecule has 1 aliphatic heterocycles. The van der Waals surface area contributed by atoms with Gasteiger partial charge < -0.3 is 10.8 Å². The second kappa shape index (κ2) is 4.95. The molecule has 1 aromatic rings. The molecule has 5 heteroatoms. The predicted octanol–water partition coefficient (Wildman–Crippen LogP) is -0.123. The molecule has 0 spiro atoms. The quantitative estimate of drug-likeness (QED) is 0.748. The smallest absolute Gasteiger partial charge is 0.0587 e. The molecule has 2 rings (SSSR count). The maximum absolute atomic E-state index is 9.33. The third-order valence-electron chi connectivity index (χ3n) is 3.37. The number of aliphatic hydroxyl groups excluding tert-OH is 1. The molecule has 2 unspecified atom stereocenters. The van der Waals surface area contributed by atoms with Gasteiger partial charge >= 0.3 is 0 Å². The number of hydrogen-bond acceptors (Lipinski definition) is 4. The maximum Gasteiger partial charge on any atom is 0.0587 e. The highest BCUT2D eigenvalue weighted by Gasteiger charge is 2.30. The highest BCUT2D eigenvalue weighted by atomic mass is 16.3. The van der Waals surface area contributed by atoms with Crippen molar-refractivity contribution < 1.29 is 5.11 Å². The monoisotopic (exact) mass is 224 g/mol. The Kier molecular flexibility index (Phi) is 3.58. The van der Waals surface area contributed by atoms with E-state index in [2.05, 4.69) is 10.00 Å². The summed E-state index contributed by atoms with van der Waals surface area (Å²) in [5.74, 6) is 0. The van der Waals surface area contributed by atoms with E-state index in [-0.39, 0.29) is 18.7 Å². The fourth-order valence-electron chi connectivity index (χ4n) is 2.54. The van der Waals surface area contributed by atoms with Crippen molar-refractivity contribution in [2.75, 3.05) is 19.7 Å². The zero-order valence-electron chi connectivity index (χ0n) is 9.71. The summed E-state index contributed by atoms with van der Waals surface area (Å²) in [6.45, 7) is 1.81. The number of rotatable bonds is 4. The van der Waals surface area contributed by atoms with Crippen LogP contribution >= 0.6 is 0 Å². The van der Waals surface area contributed by atoms with Gasteiger partial charge in [-0.2, -0.15) is 5.10 Å². The van der Waals surface area contributed by atoms with E-state index in [4.69, 9.17) is 5.73 Å². The Morgan fingerprint density at radius 2 is 2.50 bits per heavy atom. The Morgan fingerprint density at radius 3 is 3.06 bits per heavy atom. The van der Waals surface area contributed by atoms with E-state index in [0.717, 1.165) is 24.9 Å². The van der Waals surface area contributed by atoms with Crippen LogP contribution in [-0.4, -0.2) is 45.5 Å². The van der Waals surface area contributed by atoms with Crippen molar-refractivity contribution in [3.8, 4) is 0 Å². The van der Waals surface area contributed by atoms with Crippen molar-refractivity contribution in [3.05, 3.63) is 18.0 Å². The summed E-state index contributed by atoms with van der Waals surface area (Å²) in [5.41, 5.74) is 6.99. The molecule has 2 heterocycles. The van der Waals surface area contributed by atoms with E-state index >= 15 is 0 Å². The molecule has 0 saturated carbocycles. The Bertz CT molecular complexity index is 338. The molecule has 1 aromatic heterocycles. The number of nitrogens with zero attached hydrogens (tertiary/aromatic N) is 3. The standard InChI is InChI=1S/C11H20N4O/c1-14-7-9(6-13-14)11(5-12)15-4-2-3-10(15)8-16/h6-7,10-11,16H,2-5,8,12H2,1H3. The molecule has 0 bridgehead atoms. The van der Waals surface area contributed by atoms with Gasteiger partial charge in [0.2, 0.25) is 0 Å². The minimum absolute atomic E-state index is 0.188. The van der Waals surface area contributed by atoms with E-state index in [0.29, 0.717) is 6.54 Å². The van der Waals surface area contributed by atoms with Gasteiger partial charge in [0.25, 0.3) is 0 Å². The minimum Gasteiger partial charge on any atom is -0.395 e. The number of likely N-dealkylation sites (tertiary alicyclic amines) is 1. The first kappa shape index (κ1) is 11.6. The molecule has 0 radical (unpaired) electrons. The Morgan fingerprint density at radius 1 is 1.69 bits per heavy atom. The first-order valence-electron chi connectivity index (χ1n) is 5.81. The highest BCUT2D eigenvalue weighted by Crippen LogP contribution is 2.28. The van der Waals surface area contributed by atoms with Crippen LogP contribution in [0.2, 0.25) is 0 Å². The van der Waals surface area contributed by atoms with Gasteiger partial charge in [-0.3, -0.25) is 9.58 Å². The molecule has 0 amide bonds. The topological polar surface area (TPSA) is 67.3 Å². The van der Waals surface area contributed by atoms with E-state index in [1.807, 2.05) is 19.4 Å². The van der Waals surface area contributed by atoms with E-state index in [1.165, 1.54) is 0 Å². The SMILES string of the molecule is Cn1cc(C(CN)N2CCCC2CO)cn1. The molecule has 5 nitrogen and oxygen atoms in total. The first-order valence-corrected chi connectivity index (χ1v) is 5.81.